The third-order valence-electron chi connectivity index (χ3n) is 1.99. The Morgan fingerprint density at radius 3 is 2.67 bits per heavy atom. The van der Waals surface area contributed by atoms with E-state index in [4.69, 9.17) is 0 Å². The lowest BCUT2D eigenvalue weighted by atomic mass is 10.0. The third-order valence-corrected chi connectivity index (χ3v) is 1.99. The highest BCUT2D eigenvalue weighted by Gasteiger charge is 2.19. The average Bonchev–Trinajstić information content (AvgIpc) is 2.05. The molecule has 0 amide bonds. The molecule has 0 atom stereocenters. The van der Waals surface area contributed by atoms with E-state index in [9.17, 15) is 4.39 Å². The van der Waals surface area contributed by atoms with Crippen LogP contribution in [0.4, 0.5) is 4.39 Å². The second-order valence-electron chi connectivity index (χ2n) is 3.23. The summed E-state index contributed by atoms with van der Waals surface area (Å²) in [7, 11) is 1.83. The fraction of sp³-hybridized carbons (Fsp3) is 0.444. The standard InChI is InChI=1S/C9H13FN2/c1-9(2,11-3)8-6-7(10)4-5-12-8/h4-6,11H,1-3H3. The van der Waals surface area contributed by atoms with Gasteiger partial charge in [-0.25, -0.2) is 4.39 Å². The minimum absolute atomic E-state index is 0.247. The Balaban J connectivity index is 3.03. The van der Waals surface area contributed by atoms with Crippen molar-refractivity contribution in [2.45, 2.75) is 19.4 Å². The first-order valence-electron chi connectivity index (χ1n) is 3.87. The number of hydrogen-bond donors (Lipinski definition) is 1. The number of nitrogens with zero attached hydrogens (tertiary/aromatic N) is 1. The lowest BCUT2D eigenvalue weighted by Gasteiger charge is -2.22. The summed E-state index contributed by atoms with van der Waals surface area (Å²) in [5.74, 6) is -0.247. The van der Waals surface area contributed by atoms with E-state index in [-0.39, 0.29) is 11.4 Å². The Morgan fingerprint density at radius 1 is 1.50 bits per heavy atom. The molecule has 0 aromatic carbocycles. The summed E-state index contributed by atoms with van der Waals surface area (Å²) in [6, 6.07) is 2.78. The van der Waals surface area contributed by atoms with Gasteiger partial charge in [0.05, 0.1) is 11.2 Å². The number of aromatic nitrogens is 1. The molecule has 0 aliphatic carbocycles. The van der Waals surface area contributed by atoms with E-state index < -0.39 is 0 Å². The molecule has 0 saturated heterocycles. The van der Waals surface area contributed by atoms with E-state index >= 15 is 0 Å². The van der Waals surface area contributed by atoms with Crippen molar-refractivity contribution < 1.29 is 4.39 Å². The normalized spacial score (nSPS) is 11.7. The summed E-state index contributed by atoms with van der Waals surface area (Å²) in [5, 5.41) is 3.06. The zero-order valence-electron chi connectivity index (χ0n) is 7.56. The van der Waals surface area contributed by atoms with E-state index in [0.29, 0.717) is 5.69 Å². The third kappa shape index (κ3) is 1.80. The van der Waals surface area contributed by atoms with Crippen LogP contribution in [0.3, 0.4) is 0 Å². The van der Waals surface area contributed by atoms with Gasteiger partial charge in [-0.2, -0.15) is 0 Å². The highest BCUT2D eigenvalue weighted by atomic mass is 19.1. The smallest absolute Gasteiger partial charge is 0.126 e. The lowest BCUT2D eigenvalue weighted by molar-refractivity contribution is 0.427. The summed E-state index contributed by atoms with van der Waals surface area (Å²) in [4.78, 5) is 4.08. The second kappa shape index (κ2) is 3.19. The molecule has 0 radical (unpaired) electrons. The lowest BCUT2D eigenvalue weighted by Crippen LogP contribution is -2.34. The SMILES string of the molecule is CNC(C)(C)c1cc(F)ccn1. The van der Waals surface area contributed by atoms with Crippen molar-refractivity contribution >= 4 is 0 Å². The van der Waals surface area contributed by atoms with Crippen LogP contribution in [-0.4, -0.2) is 12.0 Å². The van der Waals surface area contributed by atoms with Gasteiger partial charge in [-0.1, -0.05) is 0 Å². The molecule has 0 saturated carbocycles. The zero-order valence-corrected chi connectivity index (χ0v) is 7.56. The Bertz CT molecular complexity index is 271. The maximum Gasteiger partial charge on any atom is 0.126 e. The van der Waals surface area contributed by atoms with Crippen LogP contribution in [0.1, 0.15) is 19.5 Å². The van der Waals surface area contributed by atoms with Crippen molar-refractivity contribution in [3.63, 3.8) is 0 Å². The molecule has 0 spiro atoms. The largest absolute Gasteiger partial charge is 0.310 e. The van der Waals surface area contributed by atoms with Crippen LogP contribution >= 0.6 is 0 Å². The van der Waals surface area contributed by atoms with Gasteiger partial charge in [-0.3, -0.25) is 4.98 Å². The number of rotatable bonds is 2. The Hall–Kier alpha value is -0.960. The molecule has 0 aliphatic heterocycles. The van der Waals surface area contributed by atoms with Crippen molar-refractivity contribution in [1.29, 1.82) is 0 Å². The van der Waals surface area contributed by atoms with Gasteiger partial charge in [-0.15, -0.1) is 0 Å². The first-order chi connectivity index (χ1) is 5.56. The van der Waals surface area contributed by atoms with Gasteiger partial charge < -0.3 is 5.32 Å². The molecule has 1 heterocycles. The van der Waals surface area contributed by atoms with Crippen molar-refractivity contribution in [3.05, 3.63) is 29.8 Å². The van der Waals surface area contributed by atoms with Gasteiger partial charge in [0.1, 0.15) is 5.82 Å². The summed E-state index contributed by atoms with van der Waals surface area (Å²) in [6.07, 6.45) is 1.48. The second-order valence-corrected chi connectivity index (χ2v) is 3.23. The topological polar surface area (TPSA) is 24.9 Å². The highest BCUT2D eigenvalue weighted by molar-refractivity contribution is 5.14. The predicted octanol–water partition coefficient (Wildman–Crippen LogP) is 1.68. The van der Waals surface area contributed by atoms with Crippen LogP contribution in [-0.2, 0) is 5.54 Å². The van der Waals surface area contributed by atoms with Crippen LogP contribution in [0, 0.1) is 5.82 Å². The molecule has 3 heteroatoms. The van der Waals surface area contributed by atoms with Crippen LogP contribution in [0.25, 0.3) is 0 Å². The predicted molar refractivity (Wildman–Crippen MR) is 46.3 cm³/mol. The minimum Gasteiger partial charge on any atom is -0.310 e. The van der Waals surface area contributed by atoms with Crippen molar-refractivity contribution in [1.82, 2.24) is 10.3 Å². The van der Waals surface area contributed by atoms with Crippen LogP contribution in [0.15, 0.2) is 18.3 Å². The first kappa shape index (κ1) is 9.13. The van der Waals surface area contributed by atoms with E-state index in [1.807, 2.05) is 20.9 Å². The summed E-state index contributed by atoms with van der Waals surface area (Å²) < 4.78 is 12.8. The molecule has 12 heavy (non-hydrogen) atoms. The van der Waals surface area contributed by atoms with Crippen molar-refractivity contribution in [3.8, 4) is 0 Å². The molecule has 0 fully saturated rings. The maximum absolute atomic E-state index is 12.8. The van der Waals surface area contributed by atoms with Crippen molar-refractivity contribution in [2.75, 3.05) is 7.05 Å². The van der Waals surface area contributed by atoms with E-state index in [2.05, 4.69) is 10.3 Å². The highest BCUT2D eigenvalue weighted by Crippen LogP contribution is 2.16. The number of nitrogens with one attached hydrogen (secondary N) is 1. The van der Waals surface area contributed by atoms with Gasteiger partial charge >= 0.3 is 0 Å². The molecule has 1 rings (SSSR count). The van der Waals surface area contributed by atoms with E-state index in [1.165, 1.54) is 18.3 Å². The van der Waals surface area contributed by atoms with Crippen LogP contribution in [0.5, 0.6) is 0 Å². The Morgan fingerprint density at radius 2 is 2.17 bits per heavy atom. The van der Waals surface area contributed by atoms with Crippen LogP contribution in [0.2, 0.25) is 0 Å². The first-order valence-corrected chi connectivity index (χ1v) is 3.87. The molecule has 2 nitrogen and oxygen atoms in total. The Kier molecular flexibility index (Phi) is 2.43. The molecule has 1 N–H and O–H groups in total. The van der Waals surface area contributed by atoms with Gasteiger partial charge in [0.2, 0.25) is 0 Å². The molecular formula is C9H13FN2. The van der Waals surface area contributed by atoms with Crippen molar-refractivity contribution in [2.24, 2.45) is 0 Å². The summed E-state index contributed by atoms with van der Waals surface area (Å²) >= 11 is 0. The molecule has 0 bridgehead atoms. The maximum atomic E-state index is 12.8. The van der Waals surface area contributed by atoms with Crippen LogP contribution < -0.4 is 5.32 Å². The average molecular weight is 168 g/mol. The van der Waals surface area contributed by atoms with Gasteiger partial charge in [0, 0.05) is 6.20 Å². The molecule has 0 unspecified atom stereocenters. The number of pyridine rings is 1. The Labute approximate surface area is 71.8 Å². The number of hydrogen-bond acceptors (Lipinski definition) is 2. The molecular weight excluding hydrogens is 155 g/mol. The van der Waals surface area contributed by atoms with Gasteiger partial charge in [0.25, 0.3) is 0 Å². The quantitative estimate of drug-likeness (QED) is 0.726. The summed E-state index contributed by atoms with van der Waals surface area (Å²) in [5.41, 5.74) is 0.437. The molecule has 1 aromatic rings. The zero-order chi connectivity index (χ0) is 9.19. The van der Waals surface area contributed by atoms with Gasteiger partial charge in [-0.05, 0) is 33.0 Å². The number of halogens is 1. The monoisotopic (exact) mass is 168 g/mol. The molecule has 66 valence electrons. The fourth-order valence-corrected chi connectivity index (χ4v) is 0.875. The van der Waals surface area contributed by atoms with E-state index in [1.54, 1.807) is 0 Å². The fourth-order valence-electron chi connectivity index (χ4n) is 0.875. The minimum atomic E-state index is -0.276. The molecule has 0 aliphatic rings. The van der Waals surface area contributed by atoms with Gasteiger partial charge in [0.15, 0.2) is 0 Å². The molecule has 1 aromatic heterocycles. The van der Waals surface area contributed by atoms with E-state index in [0.717, 1.165) is 0 Å². The summed E-state index contributed by atoms with van der Waals surface area (Å²) in [6.45, 7) is 3.91.